The Kier molecular flexibility index (Phi) is 6.01. The van der Waals surface area contributed by atoms with Gasteiger partial charge in [-0.3, -0.25) is 9.59 Å². The Bertz CT molecular complexity index is 1100. The third kappa shape index (κ3) is 4.93. The predicted octanol–water partition coefficient (Wildman–Crippen LogP) is 2.56. The number of halogens is 2. The molecule has 1 fully saturated rings. The van der Waals surface area contributed by atoms with E-state index in [1.165, 1.54) is 16.9 Å². The number of rotatable bonds is 7. The fourth-order valence-electron chi connectivity index (χ4n) is 3.57. The molecule has 1 aliphatic rings. The van der Waals surface area contributed by atoms with Crippen molar-refractivity contribution in [1.29, 1.82) is 0 Å². The van der Waals surface area contributed by atoms with Gasteiger partial charge in [-0.05, 0) is 43.4 Å². The topological polar surface area (TPSA) is 115 Å². The molecule has 3 heterocycles. The first-order valence-corrected chi connectivity index (χ1v) is 9.80. The highest BCUT2D eigenvalue weighted by Gasteiger charge is 2.26. The quantitative estimate of drug-likeness (QED) is 0.592. The van der Waals surface area contributed by atoms with Crippen molar-refractivity contribution in [3.05, 3.63) is 64.5 Å². The van der Waals surface area contributed by atoms with Crippen molar-refractivity contribution in [2.75, 3.05) is 11.9 Å². The third-order valence-electron chi connectivity index (χ3n) is 5.13. The van der Waals surface area contributed by atoms with E-state index in [2.05, 4.69) is 30.4 Å². The van der Waals surface area contributed by atoms with Gasteiger partial charge in [-0.15, -0.1) is 0 Å². The molecule has 11 heteroatoms. The van der Waals surface area contributed by atoms with E-state index < -0.39 is 18.0 Å². The molecule has 2 atom stereocenters. The highest BCUT2D eigenvalue weighted by atomic mass is 19.3. The van der Waals surface area contributed by atoms with E-state index in [0.717, 1.165) is 25.3 Å². The van der Waals surface area contributed by atoms with Crippen molar-refractivity contribution < 1.29 is 18.1 Å². The number of amides is 1. The zero-order valence-electron chi connectivity index (χ0n) is 16.4. The first-order valence-electron chi connectivity index (χ1n) is 9.80. The third-order valence-corrected chi connectivity index (χ3v) is 5.13. The van der Waals surface area contributed by atoms with E-state index in [1.54, 1.807) is 24.4 Å². The molecule has 0 spiro atoms. The molecular formula is C20H20F2N6O3. The van der Waals surface area contributed by atoms with Crippen LogP contribution < -0.4 is 16.2 Å². The van der Waals surface area contributed by atoms with Crippen LogP contribution in [-0.2, 0) is 0 Å². The summed E-state index contributed by atoms with van der Waals surface area (Å²) >= 11 is 0. The van der Waals surface area contributed by atoms with Crippen LogP contribution in [-0.4, -0.2) is 38.4 Å². The number of aromatic nitrogens is 4. The van der Waals surface area contributed by atoms with Crippen molar-refractivity contribution in [2.45, 2.75) is 31.7 Å². The van der Waals surface area contributed by atoms with Crippen LogP contribution in [0.3, 0.4) is 0 Å². The molecule has 0 aromatic carbocycles. The van der Waals surface area contributed by atoms with Crippen LogP contribution in [0.1, 0.15) is 41.9 Å². The summed E-state index contributed by atoms with van der Waals surface area (Å²) in [6.45, 7) is 0.413. The Balaban J connectivity index is 1.27. The molecule has 162 valence electrons. The van der Waals surface area contributed by atoms with Gasteiger partial charge in [0.25, 0.3) is 17.9 Å². The van der Waals surface area contributed by atoms with E-state index in [9.17, 15) is 18.4 Å². The number of alkyl halides is 2. The van der Waals surface area contributed by atoms with Crippen LogP contribution in [0.2, 0.25) is 0 Å². The number of hydrogen-bond donors (Lipinski definition) is 2. The lowest BCUT2D eigenvalue weighted by molar-refractivity contribution is 0.0908. The Morgan fingerprint density at radius 3 is 2.87 bits per heavy atom. The molecule has 0 bridgehead atoms. The van der Waals surface area contributed by atoms with Crippen molar-refractivity contribution in [2.24, 2.45) is 5.92 Å². The van der Waals surface area contributed by atoms with E-state index in [0.29, 0.717) is 18.1 Å². The molecule has 0 radical (unpaired) electrons. The fraction of sp³-hybridized carbons (Fsp3) is 0.350. The number of anilines is 1. The monoisotopic (exact) mass is 430 g/mol. The van der Waals surface area contributed by atoms with Crippen LogP contribution >= 0.6 is 0 Å². The Labute approximate surface area is 175 Å². The largest absolute Gasteiger partial charge is 0.367 e. The van der Waals surface area contributed by atoms with Gasteiger partial charge in [0.1, 0.15) is 5.82 Å². The molecular weight excluding hydrogens is 410 g/mol. The summed E-state index contributed by atoms with van der Waals surface area (Å²) in [7, 11) is 0. The molecule has 31 heavy (non-hydrogen) atoms. The second-order valence-corrected chi connectivity index (χ2v) is 7.32. The molecule has 2 N–H and O–H groups in total. The Hall–Kier alpha value is -3.63. The summed E-state index contributed by atoms with van der Waals surface area (Å²) < 4.78 is 31.0. The minimum Gasteiger partial charge on any atom is -0.367 e. The normalized spacial score (nSPS) is 18.3. The van der Waals surface area contributed by atoms with E-state index in [1.807, 2.05) is 0 Å². The molecule has 3 aromatic heterocycles. The molecule has 1 saturated carbocycles. The van der Waals surface area contributed by atoms with Gasteiger partial charge in [0, 0.05) is 30.9 Å². The van der Waals surface area contributed by atoms with Crippen LogP contribution in [0, 0.1) is 5.92 Å². The van der Waals surface area contributed by atoms with Crippen LogP contribution in [0.15, 0.2) is 52.0 Å². The molecule has 4 rings (SSSR count). The number of nitrogens with one attached hydrogen (secondary N) is 2. The van der Waals surface area contributed by atoms with Gasteiger partial charge in [-0.1, -0.05) is 5.16 Å². The lowest BCUT2D eigenvalue weighted by atomic mass is 10.1. The smallest absolute Gasteiger partial charge is 0.289 e. The number of pyridine rings is 1. The molecule has 0 saturated heterocycles. The van der Waals surface area contributed by atoms with Gasteiger partial charge in [0.15, 0.2) is 5.69 Å². The van der Waals surface area contributed by atoms with Crippen LogP contribution in [0.25, 0.3) is 5.69 Å². The summed E-state index contributed by atoms with van der Waals surface area (Å²) in [6, 6.07) is 7.70. The number of hydrogen-bond acceptors (Lipinski definition) is 7. The minimum absolute atomic E-state index is 0.188. The zero-order chi connectivity index (χ0) is 21.8. The summed E-state index contributed by atoms with van der Waals surface area (Å²) in [4.78, 5) is 28.2. The molecule has 1 aliphatic carbocycles. The lowest BCUT2D eigenvalue weighted by Gasteiger charge is -2.14. The highest BCUT2D eigenvalue weighted by molar-refractivity contribution is 5.91. The minimum atomic E-state index is -2.78. The van der Waals surface area contributed by atoms with Gasteiger partial charge in [0.05, 0.1) is 11.9 Å². The molecule has 1 amide bonds. The van der Waals surface area contributed by atoms with E-state index in [4.69, 9.17) is 0 Å². The van der Waals surface area contributed by atoms with Gasteiger partial charge < -0.3 is 15.2 Å². The van der Waals surface area contributed by atoms with E-state index in [-0.39, 0.29) is 23.3 Å². The average Bonchev–Trinajstić information content (AvgIpc) is 3.43. The maximum absolute atomic E-state index is 12.5. The van der Waals surface area contributed by atoms with E-state index >= 15 is 0 Å². The SMILES string of the molecule is O=C(NC[C@H]1CC[C@@H](Nc2ccc(-n3ncccc3=O)cn2)C1)c1cc(C(F)F)no1. The number of carbonyl (C=O) groups excluding carboxylic acids is 1. The number of carbonyl (C=O) groups is 1. The van der Waals surface area contributed by atoms with Crippen molar-refractivity contribution in [1.82, 2.24) is 25.2 Å². The lowest BCUT2D eigenvalue weighted by Crippen LogP contribution is -2.28. The first kappa shape index (κ1) is 20.6. The summed E-state index contributed by atoms with van der Waals surface area (Å²) in [5, 5.41) is 13.3. The van der Waals surface area contributed by atoms with Gasteiger partial charge in [-0.25, -0.2) is 13.8 Å². The number of nitrogens with zero attached hydrogens (tertiary/aromatic N) is 4. The highest BCUT2D eigenvalue weighted by Crippen LogP contribution is 2.27. The van der Waals surface area contributed by atoms with Gasteiger partial charge in [-0.2, -0.15) is 9.78 Å². The second-order valence-electron chi connectivity index (χ2n) is 7.32. The van der Waals surface area contributed by atoms with Gasteiger partial charge >= 0.3 is 0 Å². The molecule has 0 aliphatic heterocycles. The predicted molar refractivity (Wildman–Crippen MR) is 106 cm³/mol. The molecule has 3 aromatic rings. The van der Waals surface area contributed by atoms with Gasteiger partial charge in [0.2, 0.25) is 5.76 Å². The first-order chi connectivity index (χ1) is 15.0. The summed E-state index contributed by atoms with van der Waals surface area (Å²) in [5.74, 6) is 0.144. The van der Waals surface area contributed by atoms with Crippen molar-refractivity contribution in [3.63, 3.8) is 0 Å². The second kappa shape index (κ2) is 9.02. The van der Waals surface area contributed by atoms with Crippen LogP contribution in [0.4, 0.5) is 14.6 Å². The average molecular weight is 430 g/mol. The zero-order valence-corrected chi connectivity index (χ0v) is 16.4. The van der Waals surface area contributed by atoms with Crippen LogP contribution in [0.5, 0.6) is 0 Å². The summed E-state index contributed by atoms with van der Waals surface area (Å²) in [6.07, 6.45) is 2.96. The van der Waals surface area contributed by atoms with Crippen molar-refractivity contribution in [3.8, 4) is 5.69 Å². The maximum atomic E-state index is 12.5. The summed E-state index contributed by atoms with van der Waals surface area (Å²) in [5.41, 5.74) is -0.214. The standard InChI is InChI=1S/C20H20F2N6O3/c21-19(22)15-9-16(31-27-15)20(30)24-10-12-3-4-13(8-12)26-17-6-5-14(11-23-17)28-18(29)2-1-7-25-28/h1-2,5-7,9,11-13,19H,3-4,8,10H2,(H,23,26)(H,24,30)/t12-,13+/m0/s1. The fourth-order valence-corrected chi connectivity index (χ4v) is 3.57. The molecule has 9 nitrogen and oxygen atoms in total. The maximum Gasteiger partial charge on any atom is 0.289 e. The Morgan fingerprint density at radius 2 is 2.16 bits per heavy atom. The molecule has 0 unspecified atom stereocenters. The Morgan fingerprint density at radius 1 is 1.29 bits per heavy atom. The van der Waals surface area contributed by atoms with Crippen molar-refractivity contribution >= 4 is 11.7 Å².